The van der Waals surface area contributed by atoms with Gasteiger partial charge in [-0.05, 0) is 25.0 Å². The number of benzene rings is 1. The van der Waals surface area contributed by atoms with Crippen molar-refractivity contribution in [2.45, 2.75) is 25.7 Å². The van der Waals surface area contributed by atoms with Crippen LogP contribution in [0.3, 0.4) is 0 Å². The predicted octanol–water partition coefficient (Wildman–Crippen LogP) is 2.69. The molecule has 4 heteroatoms. The standard InChI is InChI=1S/C13H15N3O/c17-13(9-5-1-2-6-9)14-12-10-7-3-4-8-11(10)15-16-12/h3-4,7-9H,1-2,5-6H2,(H2,14,15,16,17). The van der Waals surface area contributed by atoms with Gasteiger partial charge in [-0.15, -0.1) is 0 Å². The fraction of sp³-hybridized carbons (Fsp3) is 0.385. The van der Waals surface area contributed by atoms with E-state index in [9.17, 15) is 4.79 Å². The quantitative estimate of drug-likeness (QED) is 0.831. The molecule has 1 amide bonds. The van der Waals surface area contributed by atoms with Crippen LogP contribution in [-0.2, 0) is 4.79 Å². The van der Waals surface area contributed by atoms with E-state index in [2.05, 4.69) is 15.5 Å². The van der Waals surface area contributed by atoms with Gasteiger partial charge in [-0.2, -0.15) is 5.10 Å². The van der Waals surface area contributed by atoms with Crippen molar-refractivity contribution in [3.63, 3.8) is 0 Å². The molecule has 1 heterocycles. The Morgan fingerprint density at radius 2 is 2.06 bits per heavy atom. The molecule has 17 heavy (non-hydrogen) atoms. The molecule has 0 spiro atoms. The molecule has 0 aliphatic heterocycles. The normalized spacial score (nSPS) is 16.5. The molecular weight excluding hydrogens is 214 g/mol. The monoisotopic (exact) mass is 229 g/mol. The number of H-pyrrole nitrogens is 1. The van der Waals surface area contributed by atoms with E-state index in [0.29, 0.717) is 5.82 Å². The summed E-state index contributed by atoms with van der Waals surface area (Å²) >= 11 is 0. The molecule has 4 nitrogen and oxygen atoms in total. The van der Waals surface area contributed by atoms with Gasteiger partial charge in [0.1, 0.15) is 0 Å². The largest absolute Gasteiger partial charge is 0.308 e. The lowest BCUT2D eigenvalue weighted by atomic mass is 10.1. The fourth-order valence-corrected chi connectivity index (χ4v) is 2.47. The summed E-state index contributed by atoms with van der Waals surface area (Å²) in [5.41, 5.74) is 0.953. The number of amides is 1. The maximum atomic E-state index is 12.0. The lowest BCUT2D eigenvalue weighted by Crippen LogP contribution is -2.20. The third-order valence-electron chi connectivity index (χ3n) is 3.44. The van der Waals surface area contributed by atoms with E-state index in [1.54, 1.807) is 0 Å². The van der Waals surface area contributed by atoms with E-state index >= 15 is 0 Å². The number of aromatic amines is 1. The first-order valence-electron chi connectivity index (χ1n) is 6.08. The van der Waals surface area contributed by atoms with E-state index in [1.165, 1.54) is 12.8 Å². The minimum absolute atomic E-state index is 0.111. The van der Waals surface area contributed by atoms with E-state index in [4.69, 9.17) is 0 Å². The Morgan fingerprint density at radius 3 is 2.88 bits per heavy atom. The van der Waals surface area contributed by atoms with Crippen LogP contribution in [0.2, 0.25) is 0 Å². The number of carbonyl (C=O) groups is 1. The van der Waals surface area contributed by atoms with Crippen molar-refractivity contribution in [2.24, 2.45) is 5.92 Å². The van der Waals surface area contributed by atoms with Gasteiger partial charge in [-0.3, -0.25) is 9.89 Å². The van der Waals surface area contributed by atoms with Gasteiger partial charge < -0.3 is 5.32 Å². The highest BCUT2D eigenvalue weighted by molar-refractivity contribution is 6.00. The highest BCUT2D eigenvalue weighted by Crippen LogP contribution is 2.27. The number of nitrogens with zero attached hydrogens (tertiary/aromatic N) is 1. The molecule has 0 radical (unpaired) electrons. The first kappa shape index (κ1) is 10.3. The minimum Gasteiger partial charge on any atom is -0.308 e. The van der Waals surface area contributed by atoms with Crippen molar-refractivity contribution >= 4 is 22.6 Å². The maximum Gasteiger partial charge on any atom is 0.228 e. The van der Waals surface area contributed by atoms with Gasteiger partial charge in [0.05, 0.1) is 5.52 Å². The number of aromatic nitrogens is 2. The SMILES string of the molecule is O=C(Nc1n[nH]c2ccccc12)C1CCCC1. The van der Waals surface area contributed by atoms with Gasteiger partial charge in [-0.25, -0.2) is 0 Å². The van der Waals surface area contributed by atoms with Gasteiger partial charge in [-0.1, -0.05) is 25.0 Å². The number of nitrogens with one attached hydrogen (secondary N) is 2. The highest BCUT2D eigenvalue weighted by Gasteiger charge is 2.23. The van der Waals surface area contributed by atoms with Gasteiger partial charge in [0.2, 0.25) is 5.91 Å². The molecule has 0 atom stereocenters. The van der Waals surface area contributed by atoms with Crippen LogP contribution in [0.1, 0.15) is 25.7 Å². The summed E-state index contributed by atoms with van der Waals surface area (Å²) in [6.07, 6.45) is 4.35. The van der Waals surface area contributed by atoms with E-state index in [-0.39, 0.29) is 11.8 Å². The lowest BCUT2D eigenvalue weighted by molar-refractivity contribution is -0.119. The van der Waals surface area contributed by atoms with Crippen molar-refractivity contribution in [2.75, 3.05) is 5.32 Å². The number of fused-ring (bicyclic) bond motifs is 1. The first-order chi connectivity index (χ1) is 8.34. The zero-order valence-corrected chi connectivity index (χ0v) is 9.57. The minimum atomic E-state index is 0.111. The molecule has 0 bridgehead atoms. The number of hydrogen-bond donors (Lipinski definition) is 2. The van der Waals surface area contributed by atoms with Gasteiger partial charge in [0, 0.05) is 11.3 Å². The van der Waals surface area contributed by atoms with Crippen molar-refractivity contribution in [1.29, 1.82) is 0 Å². The molecule has 1 aliphatic carbocycles. The Kier molecular flexibility index (Phi) is 2.55. The molecule has 88 valence electrons. The van der Waals surface area contributed by atoms with Gasteiger partial charge in [0.25, 0.3) is 0 Å². The molecule has 2 aromatic rings. The van der Waals surface area contributed by atoms with Gasteiger partial charge in [0.15, 0.2) is 5.82 Å². The molecule has 0 saturated heterocycles. The number of rotatable bonds is 2. The first-order valence-corrected chi connectivity index (χ1v) is 6.08. The second-order valence-corrected chi connectivity index (χ2v) is 4.59. The summed E-state index contributed by atoms with van der Waals surface area (Å²) in [4.78, 5) is 12.0. The Bertz CT molecular complexity index is 540. The topological polar surface area (TPSA) is 57.8 Å². The molecule has 1 aromatic heterocycles. The Balaban J connectivity index is 1.82. The van der Waals surface area contributed by atoms with E-state index in [0.717, 1.165) is 23.7 Å². The average Bonchev–Trinajstić information content (AvgIpc) is 2.98. The number of carbonyl (C=O) groups excluding carboxylic acids is 1. The van der Waals surface area contributed by atoms with E-state index < -0.39 is 0 Å². The Morgan fingerprint density at radius 1 is 1.29 bits per heavy atom. The molecule has 1 aromatic carbocycles. The molecule has 0 unspecified atom stereocenters. The molecule has 3 rings (SSSR count). The smallest absolute Gasteiger partial charge is 0.228 e. The van der Waals surface area contributed by atoms with Crippen LogP contribution in [0.15, 0.2) is 24.3 Å². The van der Waals surface area contributed by atoms with Crippen molar-refractivity contribution in [3.8, 4) is 0 Å². The van der Waals surface area contributed by atoms with Gasteiger partial charge >= 0.3 is 0 Å². The average molecular weight is 229 g/mol. The number of hydrogen-bond acceptors (Lipinski definition) is 2. The zero-order chi connectivity index (χ0) is 11.7. The van der Waals surface area contributed by atoms with Crippen LogP contribution in [0.25, 0.3) is 10.9 Å². The third-order valence-corrected chi connectivity index (χ3v) is 3.44. The van der Waals surface area contributed by atoms with E-state index in [1.807, 2.05) is 24.3 Å². The van der Waals surface area contributed by atoms with Crippen molar-refractivity contribution in [1.82, 2.24) is 10.2 Å². The molecular formula is C13H15N3O. The summed E-state index contributed by atoms with van der Waals surface area (Å²) in [6.45, 7) is 0. The molecule has 1 aliphatic rings. The summed E-state index contributed by atoms with van der Waals surface area (Å²) in [5, 5.41) is 11.0. The van der Waals surface area contributed by atoms with Crippen LogP contribution in [0.4, 0.5) is 5.82 Å². The fourth-order valence-electron chi connectivity index (χ4n) is 2.47. The summed E-state index contributed by atoms with van der Waals surface area (Å²) in [5.74, 6) is 0.933. The van der Waals surface area contributed by atoms with Crippen LogP contribution in [0, 0.1) is 5.92 Å². The predicted molar refractivity (Wildman–Crippen MR) is 66.7 cm³/mol. The van der Waals surface area contributed by atoms with Crippen molar-refractivity contribution in [3.05, 3.63) is 24.3 Å². The Hall–Kier alpha value is -1.84. The summed E-state index contributed by atoms with van der Waals surface area (Å²) < 4.78 is 0. The highest BCUT2D eigenvalue weighted by atomic mass is 16.2. The molecule has 2 N–H and O–H groups in total. The Labute approximate surface area is 99.4 Å². The second-order valence-electron chi connectivity index (χ2n) is 4.59. The van der Waals surface area contributed by atoms with Crippen molar-refractivity contribution < 1.29 is 4.79 Å². The zero-order valence-electron chi connectivity index (χ0n) is 9.57. The summed E-state index contributed by atoms with van der Waals surface area (Å²) in [7, 11) is 0. The lowest BCUT2D eigenvalue weighted by Gasteiger charge is -2.08. The van der Waals surface area contributed by atoms with Crippen LogP contribution in [0.5, 0.6) is 0 Å². The maximum absolute atomic E-state index is 12.0. The van der Waals surface area contributed by atoms with Crippen LogP contribution in [-0.4, -0.2) is 16.1 Å². The number of anilines is 1. The summed E-state index contributed by atoms with van der Waals surface area (Å²) in [6, 6.07) is 7.81. The van der Waals surface area contributed by atoms with Crippen LogP contribution < -0.4 is 5.32 Å². The molecule has 1 fully saturated rings. The van der Waals surface area contributed by atoms with Crippen LogP contribution >= 0.6 is 0 Å². The second kappa shape index (κ2) is 4.20. The third kappa shape index (κ3) is 1.90. The number of para-hydroxylation sites is 1. The molecule has 1 saturated carbocycles.